The topological polar surface area (TPSA) is 729 Å². The first kappa shape index (κ1) is 112. The Kier molecular flexibility index (Phi) is 48.3. The highest BCUT2D eigenvalue weighted by atomic mass is 32.2. The second-order valence-corrected chi connectivity index (χ2v) is 37.2. The summed E-state index contributed by atoms with van der Waals surface area (Å²) in [4.78, 5) is 1.99. The minimum absolute atomic E-state index is 0.0101. The molecule has 128 heavy (non-hydrogen) atoms. The molecule has 748 valence electrons. The maximum Gasteiger partial charge on any atom is 0.187 e. The van der Waals surface area contributed by atoms with Crippen LogP contribution in [0.3, 0.4) is 0 Å². The minimum Gasteiger partial charge on any atom is -0.394 e. The van der Waals surface area contributed by atoms with Crippen molar-refractivity contribution in [2.45, 2.75) is 270 Å². The fourth-order valence-electron chi connectivity index (χ4n) is 15.3. The molecular formula is C74H135N7O41S6. The molecule has 48 nitrogen and oxygen atoms in total. The van der Waals surface area contributed by atoms with Gasteiger partial charge in [-0.25, -0.2) is 0 Å². The largest absolute Gasteiger partial charge is 0.394 e. The normalized spacial score (nSPS) is 41.2. The zero-order valence-corrected chi connectivity index (χ0v) is 76.0. The van der Waals surface area contributed by atoms with Crippen molar-refractivity contribution in [1.82, 2.24) is 36.8 Å². The number of hydrogen-bond donors (Lipinski definition) is 31. The summed E-state index contributed by atoms with van der Waals surface area (Å²) in [6.07, 6.45) is -51.4. The number of nitrogens with one attached hydrogen (secondary N) is 6. The highest BCUT2D eigenvalue weighted by Gasteiger charge is 2.55. The highest BCUT2D eigenvalue weighted by molar-refractivity contribution is 8.00. The quantitative estimate of drug-likeness (QED) is 0.0199. The Labute approximate surface area is 768 Å². The van der Waals surface area contributed by atoms with Crippen LogP contribution in [-0.4, -0.2) is 547 Å². The van der Waals surface area contributed by atoms with E-state index in [2.05, 4.69) is 31.9 Å². The predicted octanol–water partition coefficient (Wildman–Crippen LogP) is -14.8. The van der Waals surface area contributed by atoms with Gasteiger partial charge in [-0.1, -0.05) is 13.8 Å². The third kappa shape index (κ3) is 30.5. The lowest BCUT2D eigenvalue weighted by Gasteiger charge is -2.46. The Hall–Kier alpha value is -1.56. The average Bonchev–Trinajstić information content (AvgIpc) is 0.790. The van der Waals surface area contributed by atoms with E-state index in [0.29, 0.717) is 12.8 Å². The Balaban J connectivity index is 0.957. The zero-order chi connectivity index (χ0) is 94.0. The van der Waals surface area contributed by atoms with Crippen LogP contribution in [0.15, 0.2) is 0 Å². The monoisotopic (exact) mass is 1970 g/mol. The van der Waals surface area contributed by atoms with Crippen molar-refractivity contribution in [2.24, 2.45) is 11.8 Å². The van der Waals surface area contributed by atoms with Gasteiger partial charge in [-0.05, 0) is 73.2 Å². The summed E-state index contributed by atoms with van der Waals surface area (Å²) >= 11 is 20.8. The standard InChI is InChI=1S/C74H135N7O41S6/c1-31-33(112-65(52(99)41(31)88)120-60-38(25-85)115-63(107-3)55(102)49(60)96)20-78-71(123)75-8-11-81(12-9-76-72(124)79-21-34-32(2)42(89)53(100)66(113-34)121-61-39(26-86)116-64(108-4)56(103)50(61)97)13-10-77-73(125)80-74(28-109-14-5-17-126-68-57(104)47(94)44(91)36(23-83)117-68,29-110-15-6-18-127-69-58(105)48(95)45(92)37(24-84)118-69)30-111-16-7-19-128-70-59(106)51(98)62(40(27-87)119-70)122-67-54(101)46(93)43(90)35(22-82)114-67/h31-70,82-106H,5-30H2,1-4H3,(H2,75,78,123)(H2,76,79,124)(H2,77,80,125)/t31?,32?,33?,34?,35?,36?,37?,38?,39?,40?,41-,42-,43-,44+,45+,46-,47-,48-,49+,50+,51+,52?,53?,54?,55?,56?,57?,58?,59?,60?,61?,62+,63-,64-,65+,66+,67-,68+,69+,70-,74?/m0/s1. The Bertz CT molecular complexity index is 3030. The van der Waals surface area contributed by atoms with Gasteiger partial charge in [-0.3, -0.25) is 4.90 Å². The third-order valence-electron chi connectivity index (χ3n) is 23.2. The number of nitrogens with zero attached hydrogens (tertiary/aromatic N) is 1. The van der Waals surface area contributed by atoms with Gasteiger partial charge in [0.1, 0.15) is 181 Å². The van der Waals surface area contributed by atoms with Gasteiger partial charge in [0.05, 0.1) is 83.9 Å². The molecule has 0 aromatic heterocycles. The van der Waals surface area contributed by atoms with Gasteiger partial charge in [0.15, 0.2) is 46.8 Å². The number of aliphatic hydroxyl groups is 25. The highest BCUT2D eigenvalue weighted by Crippen LogP contribution is 2.38. The molecule has 8 aliphatic heterocycles. The van der Waals surface area contributed by atoms with E-state index in [-0.39, 0.29) is 131 Å². The molecule has 8 rings (SSSR count). The molecule has 54 heteroatoms. The Morgan fingerprint density at radius 1 is 0.320 bits per heavy atom. The van der Waals surface area contributed by atoms with Gasteiger partial charge in [0.2, 0.25) is 0 Å². The Morgan fingerprint density at radius 2 is 0.594 bits per heavy atom. The van der Waals surface area contributed by atoms with Gasteiger partial charge in [-0.15, -0.1) is 35.3 Å². The van der Waals surface area contributed by atoms with E-state index in [9.17, 15) is 128 Å². The van der Waals surface area contributed by atoms with Crippen molar-refractivity contribution >= 4 is 87.3 Å². The van der Waals surface area contributed by atoms with Gasteiger partial charge < -0.3 is 235 Å². The third-order valence-corrected chi connectivity index (χ3v) is 27.8. The molecule has 0 spiro atoms. The molecule has 0 radical (unpaired) electrons. The molecule has 0 aliphatic carbocycles. The van der Waals surface area contributed by atoms with Crippen molar-refractivity contribution in [3.63, 3.8) is 0 Å². The van der Waals surface area contributed by atoms with Gasteiger partial charge in [0.25, 0.3) is 0 Å². The summed E-state index contributed by atoms with van der Waals surface area (Å²) in [5, 5.41) is 285. The van der Waals surface area contributed by atoms with Crippen LogP contribution in [0.25, 0.3) is 0 Å². The summed E-state index contributed by atoms with van der Waals surface area (Å²) in [6.45, 7) is -0.244. The van der Waals surface area contributed by atoms with Crippen LogP contribution >= 0.6 is 71.9 Å². The average molecular weight is 1970 g/mol. The van der Waals surface area contributed by atoms with Crippen molar-refractivity contribution < 1.29 is 203 Å². The molecule has 8 fully saturated rings. The summed E-state index contributed by atoms with van der Waals surface area (Å²) in [5.41, 5.74) is -4.61. The molecule has 0 aromatic rings. The van der Waals surface area contributed by atoms with E-state index >= 15 is 0 Å². The minimum atomic E-state index is -1.88. The predicted molar refractivity (Wildman–Crippen MR) is 457 cm³/mol. The molecule has 0 aromatic carbocycles. The number of methoxy groups -OCH3 is 2. The van der Waals surface area contributed by atoms with Crippen LogP contribution in [0, 0.1) is 11.8 Å². The van der Waals surface area contributed by atoms with Crippen LogP contribution < -0.4 is 31.9 Å². The van der Waals surface area contributed by atoms with Crippen molar-refractivity contribution in [3.8, 4) is 0 Å². The van der Waals surface area contributed by atoms with Gasteiger partial charge >= 0.3 is 0 Å². The van der Waals surface area contributed by atoms with E-state index in [0.717, 1.165) is 35.3 Å². The molecule has 8 aliphatic rings. The van der Waals surface area contributed by atoms with Crippen LogP contribution in [0.5, 0.6) is 0 Å². The second kappa shape index (κ2) is 55.3. The first-order valence-corrected chi connectivity index (χ1v) is 46.7. The molecule has 8 saturated heterocycles. The lowest BCUT2D eigenvalue weighted by atomic mass is 9.90. The number of thiocarbonyl (C=S) groups is 3. The number of rotatable bonds is 49. The number of ether oxygens (including phenoxy) is 16. The first-order chi connectivity index (χ1) is 61.1. The maximum atomic E-state index is 11.4. The summed E-state index contributed by atoms with van der Waals surface area (Å²) in [5.74, 6) is -0.700. The number of hydrogen-bond acceptors (Lipinski definition) is 48. The van der Waals surface area contributed by atoms with Crippen LogP contribution in [0.2, 0.25) is 0 Å². The summed E-state index contributed by atoms with van der Waals surface area (Å²) < 4.78 is 93.1. The molecule has 31 N–H and O–H groups in total. The van der Waals surface area contributed by atoms with Crippen molar-refractivity contribution in [1.29, 1.82) is 0 Å². The fourth-order valence-corrected chi connectivity index (χ4v) is 19.3. The Morgan fingerprint density at radius 3 is 0.938 bits per heavy atom. The van der Waals surface area contributed by atoms with E-state index in [1.165, 1.54) is 14.2 Å². The fraction of sp³-hybridized carbons (Fsp3) is 0.959. The van der Waals surface area contributed by atoms with Crippen LogP contribution in [0.1, 0.15) is 33.1 Å². The van der Waals surface area contributed by atoms with Gasteiger partial charge in [0, 0.05) is 98.2 Å². The van der Waals surface area contributed by atoms with E-state index in [4.69, 9.17) is 112 Å². The SMILES string of the molecule is CO[C@H]1OC(CO)C(O[C@H]2OC(CNC(=S)NCCN(CCNC(=S)NCC3O[C@H](OC4C(CO)O[C@H](OC)C(O)[C@H]4O)C(O)[C@@H](O)C3C)CCNC(=S)NC(COCCCS[C@H]3OC(CO)[C@@H](O)[C@H](O)C3O)(COCCCS[C@H]3OC(CO)[C@@H](O)[C@H](O)C3O)COCCCS[C@@H]3OC(CO)[C@@H](O[C@@H]4OC(CO)[C@H](O)[C@H](O)C4O)[C@H](O)C3O)C(C)[C@H](O)C2O)[C@H](O)C1O. The number of thioether (sulfide) groups is 3. The maximum absolute atomic E-state index is 11.4. The molecule has 0 saturated carbocycles. The van der Waals surface area contributed by atoms with Crippen molar-refractivity contribution in [3.05, 3.63) is 0 Å². The zero-order valence-electron chi connectivity index (χ0n) is 71.1. The molecule has 0 bridgehead atoms. The lowest BCUT2D eigenvalue weighted by molar-refractivity contribution is -0.351. The van der Waals surface area contributed by atoms with Crippen molar-refractivity contribution in [2.75, 3.05) is 163 Å². The second-order valence-electron chi connectivity index (χ2n) is 32.4. The first-order valence-electron chi connectivity index (χ1n) is 42.3. The lowest BCUT2D eigenvalue weighted by Crippen LogP contribution is -2.64. The molecule has 8 heterocycles. The van der Waals surface area contributed by atoms with Gasteiger partial charge in [-0.2, -0.15) is 0 Å². The molecular weight excluding hydrogens is 1840 g/mol. The molecule has 20 unspecified atom stereocenters. The van der Waals surface area contributed by atoms with Crippen LogP contribution in [0.4, 0.5) is 0 Å². The molecule has 40 atom stereocenters. The number of aliphatic hydroxyl groups excluding tert-OH is 25. The van der Waals surface area contributed by atoms with Crippen LogP contribution in [-0.2, 0) is 75.8 Å². The summed E-state index contributed by atoms with van der Waals surface area (Å²) in [7, 11) is 2.45. The summed E-state index contributed by atoms with van der Waals surface area (Å²) in [6, 6.07) is 0. The van der Waals surface area contributed by atoms with E-state index in [1.807, 2.05) is 4.90 Å². The van der Waals surface area contributed by atoms with E-state index < -0.39 is 288 Å². The smallest absolute Gasteiger partial charge is 0.187 e. The molecule has 0 amide bonds. The van der Waals surface area contributed by atoms with E-state index in [1.54, 1.807) is 13.8 Å².